The molecule has 9 nitrogen and oxygen atoms in total. The van der Waals surface area contributed by atoms with E-state index in [0.29, 0.717) is 36.3 Å². The van der Waals surface area contributed by atoms with Gasteiger partial charge >= 0.3 is 6.09 Å². The lowest BCUT2D eigenvalue weighted by molar-refractivity contribution is -0.143. The average molecular weight is 535 g/mol. The van der Waals surface area contributed by atoms with Crippen molar-refractivity contribution in [1.29, 1.82) is 0 Å². The second kappa shape index (κ2) is 9.75. The van der Waals surface area contributed by atoms with Crippen molar-refractivity contribution < 1.29 is 28.3 Å². The number of hydrogen-bond acceptors (Lipinski definition) is 6. The zero-order valence-electron chi connectivity index (χ0n) is 21.7. The van der Waals surface area contributed by atoms with Gasteiger partial charge in [-0.05, 0) is 66.5 Å². The summed E-state index contributed by atoms with van der Waals surface area (Å²) in [4.78, 5) is 54.1. The predicted molar refractivity (Wildman–Crippen MR) is 139 cm³/mol. The molecule has 2 aliphatic heterocycles. The fourth-order valence-corrected chi connectivity index (χ4v) is 5.89. The van der Waals surface area contributed by atoms with E-state index in [1.54, 1.807) is 24.3 Å². The Morgan fingerprint density at radius 3 is 2.56 bits per heavy atom. The van der Waals surface area contributed by atoms with E-state index in [1.807, 2.05) is 13.0 Å². The summed E-state index contributed by atoms with van der Waals surface area (Å²) in [5.41, 5.74) is 1.28. The minimum absolute atomic E-state index is 0.0560. The molecule has 10 heteroatoms. The van der Waals surface area contributed by atoms with Gasteiger partial charge in [0.1, 0.15) is 11.9 Å². The minimum atomic E-state index is -1.48. The Hall–Kier alpha value is -3.79. The zero-order valence-corrected chi connectivity index (χ0v) is 21.7. The van der Waals surface area contributed by atoms with Gasteiger partial charge in [-0.3, -0.25) is 14.4 Å². The molecule has 204 valence electrons. The molecule has 0 radical (unpaired) electrons. The van der Waals surface area contributed by atoms with E-state index in [9.17, 15) is 23.6 Å². The van der Waals surface area contributed by atoms with Crippen molar-refractivity contribution in [3.63, 3.8) is 0 Å². The van der Waals surface area contributed by atoms with E-state index in [2.05, 4.69) is 16.0 Å². The summed E-state index contributed by atoms with van der Waals surface area (Å²) in [5.74, 6) is -1.47. The molecule has 3 fully saturated rings. The number of aryl methyl sites for hydroxylation is 1. The molecule has 1 spiro atoms. The minimum Gasteiger partial charge on any atom is -0.427 e. The molecule has 1 unspecified atom stereocenters. The van der Waals surface area contributed by atoms with Gasteiger partial charge in [-0.1, -0.05) is 25.1 Å². The first-order valence-corrected chi connectivity index (χ1v) is 13.5. The normalized spacial score (nSPS) is 23.7. The number of anilines is 1. The molecule has 2 aliphatic carbocycles. The van der Waals surface area contributed by atoms with Crippen LogP contribution in [-0.4, -0.2) is 47.8 Å². The number of nitrogens with zero attached hydrogens (tertiary/aromatic N) is 1. The zero-order chi connectivity index (χ0) is 27.3. The topological polar surface area (TPSA) is 117 Å². The molecular formula is C29H31FN4O5. The first-order chi connectivity index (χ1) is 18.8. The van der Waals surface area contributed by atoms with Gasteiger partial charge < -0.3 is 20.7 Å². The summed E-state index contributed by atoms with van der Waals surface area (Å²) in [7, 11) is 0. The summed E-state index contributed by atoms with van der Waals surface area (Å²) in [6.07, 6.45) is 1.81. The lowest BCUT2D eigenvalue weighted by Crippen LogP contribution is -2.54. The number of amides is 4. The number of benzene rings is 2. The fourth-order valence-electron chi connectivity index (χ4n) is 5.89. The Labute approximate surface area is 225 Å². The van der Waals surface area contributed by atoms with Crippen LogP contribution in [0.15, 0.2) is 42.5 Å². The van der Waals surface area contributed by atoms with Crippen molar-refractivity contribution in [2.75, 3.05) is 18.4 Å². The number of imide groups is 1. The molecule has 2 heterocycles. The number of rotatable bonds is 8. The maximum Gasteiger partial charge on any atom is 0.418 e. The van der Waals surface area contributed by atoms with Crippen molar-refractivity contribution in [3.05, 3.63) is 65.0 Å². The molecule has 2 saturated heterocycles. The quantitative estimate of drug-likeness (QED) is 0.480. The molecule has 0 bridgehead atoms. The Kier molecular flexibility index (Phi) is 6.37. The lowest BCUT2D eigenvalue weighted by Gasteiger charge is -2.29. The van der Waals surface area contributed by atoms with Gasteiger partial charge in [-0.15, -0.1) is 0 Å². The van der Waals surface area contributed by atoms with Crippen molar-refractivity contribution in [3.8, 4) is 0 Å². The van der Waals surface area contributed by atoms with Gasteiger partial charge in [0.15, 0.2) is 0 Å². The second-order valence-electron chi connectivity index (χ2n) is 11.1. The highest BCUT2D eigenvalue weighted by molar-refractivity contribution is 6.07. The third kappa shape index (κ3) is 4.56. The van der Waals surface area contributed by atoms with Crippen LogP contribution in [-0.2, 0) is 37.7 Å². The summed E-state index contributed by atoms with van der Waals surface area (Å²) in [6, 6.07) is 10.1. The van der Waals surface area contributed by atoms with Gasteiger partial charge in [-0.2, -0.15) is 0 Å². The van der Waals surface area contributed by atoms with E-state index in [0.717, 1.165) is 23.3 Å². The molecule has 3 atom stereocenters. The van der Waals surface area contributed by atoms with Crippen molar-refractivity contribution in [1.82, 2.24) is 15.5 Å². The summed E-state index contributed by atoms with van der Waals surface area (Å²) < 4.78 is 19.1. The van der Waals surface area contributed by atoms with Crippen LogP contribution < -0.4 is 16.0 Å². The van der Waals surface area contributed by atoms with E-state index < -0.39 is 29.6 Å². The van der Waals surface area contributed by atoms with Crippen LogP contribution in [0.25, 0.3) is 0 Å². The van der Waals surface area contributed by atoms with Crippen molar-refractivity contribution in [2.45, 2.75) is 50.8 Å². The highest BCUT2D eigenvalue weighted by Crippen LogP contribution is 2.48. The first kappa shape index (κ1) is 25.5. The van der Waals surface area contributed by atoms with Gasteiger partial charge in [-0.25, -0.2) is 14.1 Å². The average Bonchev–Trinajstić information content (AvgIpc) is 3.63. The van der Waals surface area contributed by atoms with Crippen LogP contribution >= 0.6 is 0 Å². The third-order valence-electron chi connectivity index (χ3n) is 8.52. The Balaban J connectivity index is 1.23. The van der Waals surface area contributed by atoms with E-state index >= 15 is 0 Å². The number of nitrogens with one attached hydrogen (secondary N) is 3. The van der Waals surface area contributed by atoms with Gasteiger partial charge in [0, 0.05) is 37.3 Å². The lowest BCUT2D eigenvalue weighted by atomic mass is 9.91. The molecule has 39 heavy (non-hydrogen) atoms. The van der Waals surface area contributed by atoms with Crippen LogP contribution in [0.1, 0.15) is 42.9 Å². The van der Waals surface area contributed by atoms with Crippen LogP contribution in [0.4, 0.5) is 14.9 Å². The Bertz CT molecular complexity index is 1340. The molecule has 3 N–H and O–H groups in total. The number of hydrogen-bond donors (Lipinski definition) is 3. The van der Waals surface area contributed by atoms with Gasteiger partial charge in [0.2, 0.25) is 17.4 Å². The first-order valence-electron chi connectivity index (χ1n) is 13.5. The molecule has 2 aromatic carbocycles. The Morgan fingerprint density at radius 2 is 1.90 bits per heavy atom. The Morgan fingerprint density at radius 1 is 1.15 bits per heavy atom. The van der Waals surface area contributed by atoms with Crippen LogP contribution in [0.2, 0.25) is 0 Å². The molecule has 4 amide bonds. The summed E-state index contributed by atoms with van der Waals surface area (Å²) in [6.45, 7) is 3.33. The predicted octanol–water partition coefficient (Wildman–Crippen LogP) is 2.84. The van der Waals surface area contributed by atoms with Gasteiger partial charge in [0.25, 0.3) is 5.91 Å². The molecule has 2 aromatic rings. The third-order valence-corrected chi connectivity index (χ3v) is 8.52. The maximum atomic E-state index is 14.0. The highest BCUT2D eigenvalue weighted by atomic mass is 19.1. The molecule has 0 aromatic heterocycles. The van der Waals surface area contributed by atoms with Crippen LogP contribution in [0, 0.1) is 23.6 Å². The van der Waals surface area contributed by atoms with Crippen LogP contribution in [0.3, 0.4) is 0 Å². The molecule has 4 aliphatic rings. The number of halogens is 1. The van der Waals surface area contributed by atoms with E-state index in [1.165, 1.54) is 12.1 Å². The smallest absolute Gasteiger partial charge is 0.418 e. The highest BCUT2D eigenvalue weighted by Gasteiger charge is 2.61. The number of carbonyl (C=O) groups excluding carboxylic acids is 4. The fraction of sp³-hybridized carbons (Fsp3) is 0.448. The van der Waals surface area contributed by atoms with Gasteiger partial charge in [0.05, 0.1) is 5.92 Å². The number of ether oxygens (including phenoxy) is 1. The van der Waals surface area contributed by atoms with Crippen molar-refractivity contribution in [2.24, 2.45) is 17.8 Å². The standard InChI is InChI=1S/C29H31FN4O5/c1-16(18-4-5-18)24(26(36)32-13-17-2-6-21(30)7-3-17)34-27(37)29(39-28(34)38)11-10-19-12-22(8-9-23(19)29)33-25(35)20-14-31-15-20/h2-3,6-9,12,16,18,20,24,31H,4-5,10-11,13-15H2,1H3,(H,32,36)(H,33,35)/t16-,24?,29-/m0/s1. The molecule has 6 rings (SSSR count). The molecule has 1 saturated carbocycles. The summed E-state index contributed by atoms with van der Waals surface area (Å²) >= 11 is 0. The largest absolute Gasteiger partial charge is 0.427 e. The van der Waals surface area contributed by atoms with Crippen LogP contribution in [0.5, 0.6) is 0 Å². The monoisotopic (exact) mass is 534 g/mol. The summed E-state index contributed by atoms with van der Waals surface area (Å²) in [5, 5.41) is 8.83. The van der Waals surface area contributed by atoms with Crippen molar-refractivity contribution >= 4 is 29.5 Å². The van der Waals surface area contributed by atoms with E-state index in [-0.39, 0.29) is 42.4 Å². The number of carbonyl (C=O) groups is 4. The maximum absolute atomic E-state index is 14.0. The molecular weight excluding hydrogens is 503 g/mol. The van der Waals surface area contributed by atoms with E-state index in [4.69, 9.17) is 4.74 Å². The number of fused-ring (bicyclic) bond motifs is 2. The second-order valence-corrected chi connectivity index (χ2v) is 11.1. The SMILES string of the molecule is C[C@@H](C1CC1)C(C(=O)NCc1ccc(F)cc1)N1C(=O)O[C@]2(CCc3cc(NC(=O)C4CNC4)ccc32)C1=O.